The van der Waals surface area contributed by atoms with Crippen molar-refractivity contribution in [1.82, 2.24) is 15.2 Å². The van der Waals surface area contributed by atoms with Crippen LogP contribution < -0.4 is 10.6 Å². The summed E-state index contributed by atoms with van der Waals surface area (Å²) in [7, 11) is 0. The number of aryl methyl sites for hydroxylation is 1. The molecule has 32 heavy (non-hydrogen) atoms. The highest BCUT2D eigenvalue weighted by molar-refractivity contribution is 5.80. The highest BCUT2D eigenvalue weighted by Crippen LogP contribution is 2.16. The predicted octanol–water partition coefficient (Wildman–Crippen LogP) is 2.37. The molecule has 0 aliphatic carbocycles. The van der Waals surface area contributed by atoms with Crippen LogP contribution in [0, 0.1) is 11.6 Å². The number of nitrogens with zero attached hydrogens (tertiary/aromatic N) is 1. The quantitative estimate of drug-likeness (QED) is 0.365. The lowest BCUT2D eigenvalue weighted by Crippen LogP contribution is -2.50. The van der Waals surface area contributed by atoms with Crippen molar-refractivity contribution in [2.45, 2.75) is 44.5 Å². The molecule has 0 aliphatic heterocycles. The molecule has 2 aromatic carbocycles. The number of nitrogens with one attached hydrogen (secondary N) is 2. The Morgan fingerprint density at radius 3 is 2.56 bits per heavy atom. The van der Waals surface area contributed by atoms with Gasteiger partial charge in [0.2, 0.25) is 5.91 Å². The van der Waals surface area contributed by atoms with Crippen molar-refractivity contribution in [1.29, 1.82) is 0 Å². The summed E-state index contributed by atoms with van der Waals surface area (Å²) < 4.78 is 29.2. The lowest BCUT2D eigenvalue weighted by atomic mass is 10.00. The summed E-state index contributed by atoms with van der Waals surface area (Å²) in [5.74, 6) is -1.71. The molecule has 1 heterocycles. The maximum absolute atomic E-state index is 13.6. The van der Waals surface area contributed by atoms with Gasteiger partial charge in [-0.3, -0.25) is 4.79 Å². The van der Waals surface area contributed by atoms with Crippen LogP contribution in [0.1, 0.15) is 18.9 Å². The number of fused-ring (bicyclic) bond motifs is 1. The Morgan fingerprint density at radius 2 is 1.84 bits per heavy atom. The predicted molar refractivity (Wildman–Crippen MR) is 119 cm³/mol. The Balaban J connectivity index is 1.66. The molecule has 1 unspecified atom stereocenters. The van der Waals surface area contributed by atoms with Gasteiger partial charge in [-0.25, -0.2) is 8.78 Å². The van der Waals surface area contributed by atoms with Gasteiger partial charge in [-0.2, -0.15) is 0 Å². The molecule has 3 rings (SSSR count). The number of hydrogen-bond donors (Lipinski definition) is 4. The van der Waals surface area contributed by atoms with Gasteiger partial charge in [-0.1, -0.05) is 18.2 Å². The number of rotatable bonds is 11. The van der Waals surface area contributed by atoms with Crippen LogP contribution in [-0.2, 0) is 17.8 Å². The Kier molecular flexibility index (Phi) is 8.33. The number of para-hydroxylation sites is 1. The summed E-state index contributed by atoms with van der Waals surface area (Å²) in [6, 6.07) is 12.0. The minimum atomic E-state index is -1.02. The second kappa shape index (κ2) is 11.2. The highest BCUT2D eigenvalue weighted by Gasteiger charge is 2.23. The van der Waals surface area contributed by atoms with Crippen molar-refractivity contribution in [2.24, 2.45) is 0 Å². The van der Waals surface area contributed by atoms with Gasteiger partial charge >= 0.3 is 0 Å². The van der Waals surface area contributed by atoms with Gasteiger partial charge in [-0.05, 0) is 48.6 Å². The van der Waals surface area contributed by atoms with E-state index in [0.717, 1.165) is 17.0 Å². The van der Waals surface area contributed by atoms with Crippen LogP contribution in [-0.4, -0.2) is 52.0 Å². The molecule has 0 spiro atoms. The van der Waals surface area contributed by atoms with Gasteiger partial charge < -0.3 is 25.4 Å². The Labute approximate surface area is 185 Å². The molecule has 8 heteroatoms. The van der Waals surface area contributed by atoms with Crippen LogP contribution >= 0.6 is 0 Å². The fraction of sp³-hybridized carbons (Fsp3) is 0.375. The molecule has 1 amide bonds. The number of carbonyl (C=O) groups excluding carboxylic acids is 1. The number of carbonyl (C=O) groups is 1. The SMILES string of the molecule is CC(CO)NC[C@@H](O)[C@@H](Cc1cc(F)cc(F)c1)NC(=O)CCn1ccc2ccccc21. The first-order valence-corrected chi connectivity index (χ1v) is 10.7. The van der Waals surface area contributed by atoms with E-state index in [1.54, 1.807) is 6.92 Å². The number of benzene rings is 2. The molecule has 4 N–H and O–H groups in total. The number of amides is 1. The zero-order valence-corrected chi connectivity index (χ0v) is 18.0. The van der Waals surface area contributed by atoms with Crippen LogP contribution in [0.5, 0.6) is 0 Å². The van der Waals surface area contributed by atoms with E-state index in [0.29, 0.717) is 12.1 Å². The molecule has 172 valence electrons. The van der Waals surface area contributed by atoms with Gasteiger partial charge in [0.25, 0.3) is 0 Å². The summed E-state index contributed by atoms with van der Waals surface area (Å²) in [6.45, 7) is 2.20. The zero-order chi connectivity index (χ0) is 23.1. The van der Waals surface area contributed by atoms with Gasteiger partial charge in [0.1, 0.15) is 11.6 Å². The average molecular weight is 446 g/mol. The summed E-state index contributed by atoms with van der Waals surface area (Å²) in [5, 5.41) is 26.7. The highest BCUT2D eigenvalue weighted by atomic mass is 19.1. The molecule has 6 nitrogen and oxygen atoms in total. The van der Waals surface area contributed by atoms with Crippen molar-refractivity contribution < 1.29 is 23.8 Å². The van der Waals surface area contributed by atoms with Crippen LogP contribution in [0.4, 0.5) is 8.78 Å². The fourth-order valence-corrected chi connectivity index (χ4v) is 3.63. The molecule has 0 bridgehead atoms. The normalized spacial score (nSPS) is 14.3. The second-order valence-electron chi connectivity index (χ2n) is 8.03. The molecule has 0 saturated heterocycles. The van der Waals surface area contributed by atoms with E-state index in [9.17, 15) is 18.7 Å². The minimum absolute atomic E-state index is 0.0588. The van der Waals surface area contributed by atoms with Crippen LogP contribution in [0.15, 0.2) is 54.7 Å². The van der Waals surface area contributed by atoms with Crippen LogP contribution in [0.2, 0.25) is 0 Å². The summed E-state index contributed by atoms with van der Waals surface area (Å²) in [6.07, 6.45) is 1.13. The molecule has 3 aromatic rings. The first kappa shape index (κ1) is 23.8. The third kappa shape index (κ3) is 6.59. The zero-order valence-electron chi connectivity index (χ0n) is 18.0. The number of halogens is 2. The molecule has 0 aliphatic rings. The summed E-state index contributed by atoms with van der Waals surface area (Å²) in [5.41, 5.74) is 1.35. The smallest absolute Gasteiger partial charge is 0.222 e. The van der Waals surface area contributed by atoms with Crippen molar-refractivity contribution in [3.8, 4) is 0 Å². The lowest BCUT2D eigenvalue weighted by molar-refractivity contribution is -0.122. The average Bonchev–Trinajstić information content (AvgIpc) is 3.17. The molecular formula is C24H29F2N3O3. The van der Waals surface area contributed by atoms with Crippen LogP contribution in [0.25, 0.3) is 10.9 Å². The van der Waals surface area contributed by atoms with Gasteiger partial charge in [0.15, 0.2) is 0 Å². The number of aliphatic hydroxyl groups is 2. The monoisotopic (exact) mass is 445 g/mol. The molecule has 0 saturated carbocycles. The van der Waals surface area contributed by atoms with E-state index in [2.05, 4.69) is 10.6 Å². The van der Waals surface area contributed by atoms with Gasteiger partial charge in [0, 0.05) is 43.3 Å². The van der Waals surface area contributed by atoms with E-state index < -0.39 is 23.8 Å². The van der Waals surface area contributed by atoms with Crippen LogP contribution in [0.3, 0.4) is 0 Å². The van der Waals surface area contributed by atoms with E-state index in [1.165, 1.54) is 12.1 Å². The number of aliphatic hydroxyl groups excluding tert-OH is 2. The second-order valence-corrected chi connectivity index (χ2v) is 8.03. The molecular weight excluding hydrogens is 416 g/mol. The Hall–Kier alpha value is -2.81. The number of hydrogen-bond acceptors (Lipinski definition) is 4. The molecule has 1 aromatic heterocycles. The third-order valence-electron chi connectivity index (χ3n) is 5.40. The first-order chi connectivity index (χ1) is 15.4. The van der Waals surface area contributed by atoms with Gasteiger partial charge in [-0.15, -0.1) is 0 Å². The van der Waals surface area contributed by atoms with E-state index >= 15 is 0 Å². The van der Waals surface area contributed by atoms with Crippen molar-refractivity contribution >= 4 is 16.8 Å². The number of aromatic nitrogens is 1. The first-order valence-electron chi connectivity index (χ1n) is 10.7. The summed E-state index contributed by atoms with van der Waals surface area (Å²) in [4.78, 5) is 12.7. The largest absolute Gasteiger partial charge is 0.395 e. The maximum Gasteiger partial charge on any atom is 0.222 e. The topological polar surface area (TPSA) is 86.5 Å². The standard InChI is InChI=1S/C24H29F2N3O3/c1-16(15-30)27-14-23(31)21(12-17-10-19(25)13-20(26)11-17)28-24(32)7-9-29-8-6-18-4-2-3-5-22(18)29/h2-6,8,10-11,13,16,21,23,27,30-31H,7,9,12,14-15H2,1H3,(H,28,32)/t16?,21-,23-/m1/s1. The molecule has 0 radical (unpaired) electrons. The minimum Gasteiger partial charge on any atom is -0.395 e. The van der Waals surface area contributed by atoms with E-state index in [4.69, 9.17) is 5.11 Å². The van der Waals surface area contributed by atoms with E-state index in [1.807, 2.05) is 41.1 Å². The summed E-state index contributed by atoms with van der Waals surface area (Å²) >= 11 is 0. The maximum atomic E-state index is 13.6. The van der Waals surface area contributed by atoms with Gasteiger partial charge in [0.05, 0.1) is 18.8 Å². The molecule has 3 atom stereocenters. The Bertz CT molecular complexity index is 1020. The van der Waals surface area contributed by atoms with Crippen molar-refractivity contribution in [2.75, 3.05) is 13.2 Å². The lowest BCUT2D eigenvalue weighted by Gasteiger charge is -2.26. The Morgan fingerprint density at radius 1 is 1.12 bits per heavy atom. The molecule has 0 fully saturated rings. The third-order valence-corrected chi connectivity index (χ3v) is 5.40. The van der Waals surface area contributed by atoms with E-state index in [-0.39, 0.29) is 37.9 Å². The fourth-order valence-electron chi connectivity index (χ4n) is 3.63. The van der Waals surface area contributed by atoms with Crippen molar-refractivity contribution in [3.05, 3.63) is 71.9 Å². The van der Waals surface area contributed by atoms with Crippen molar-refractivity contribution in [3.63, 3.8) is 0 Å².